The number of sulfonamides is 1. The molecule has 4 N–H and O–H groups in total. The molecule has 10 heteroatoms. The number of aromatic nitrogens is 1. The van der Waals surface area contributed by atoms with Crippen LogP contribution in [0, 0.1) is 5.41 Å². The highest BCUT2D eigenvalue weighted by Gasteiger charge is 2.31. The van der Waals surface area contributed by atoms with Gasteiger partial charge in [0.05, 0.1) is 27.6 Å². The lowest BCUT2D eigenvalue weighted by molar-refractivity contribution is 0.411. The maximum absolute atomic E-state index is 11.4. The van der Waals surface area contributed by atoms with Crippen LogP contribution in [-0.4, -0.2) is 30.9 Å². The summed E-state index contributed by atoms with van der Waals surface area (Å²) < 4.78 is 22.8. The summed E-state index contributed by atoms with van der Waals surface area (Å²) in [5, 5.41) is 28.4. The van der Waals surface area contributed by atoms with E-state index in [1.807, 2.05) is 22.9 Å². The number of thiazole rings is 1. The number of benzene rings is 1. The summed E-state index contributed by atoms with van der Waals surface area (Å²) in [5.74, 6) is 0.172. The molecule has 0 amide bonds. The molecule has 7 nitrogen and oxygen atoms in total. The lowest BCUT2D eigenvalue weighted by Crippen LogP contribution is -2.26. The first-order valence-corrected chi connectivity index (χ1v) is 11.1. The first-order valence-electron chi connectivity index (χ1n) is 7.76. The maximum Gasteiger partial charge on any atom is 0.238 e. The van der Waals surface area contributed by atoms with Crippen LogP contribution in [0.15, 0.2) is 57.8 Å². The number of aliphatic hydroxyl groups is 1. The monoisotopic (exact) mass is 418 g/mol. The molecule has 0 radical (unpaired) electrons. The van der Waals surface area contributed by atoms with Crippen molar-refractivity contribution in [3.05, 3.63) is 57.9 Å². The minimum Gasteiger partial charge on any atom is -0.510 e. The molecule has 0 bridgehead atoms. The van der Waals surface area contributed by atoms with Gasteiger partial charge in [-0.3, -0.25) is 5.41 Å². The number of amidine groups is 1. The van der Waals surface area contributed by atoms with Crippen molar-refractivity contribution in [3.63, 3.8) is 0 Å². The second-order valence-corrected chi connectivity index (χ2v) is 9.18. The Morgan fingerprint density at radius 2 is 1.93 bits per heavy atom. The summed E-state index contributed by atoms with van der Waals surface area (Å²) in [4.78, 5) is 7.17. The van der Waals surface area contributed by atoms with Gasteiger partial charge in [0.1, 0.15) is 16.6 Å². The highest BCUT2D eigenvalue weighted by atomic mass is 32.2. The summed E-state index contributed by atoms with van der Waals surface area (Å²) >= 11 is 2.95. The number of thiophene rings is 1. The van der Waals surface area contributed by atoms with Crippen molar-refractivity contribution in [2.75, 3.05) is 11.4 Å². The zero-order chi connectivity index (χ0) is 19.2. The van der Waals surface area contributed by atoms with Crippen molar-refractivity contribution in [2.45, 2.75) is 4.90 Å². The fourth-order valence-corrected chi connectivity index (χ4v) is 4.93. The molecule has 0 unspecified atom stereocenters. The number of nitrogens with one attached hydrogen (secondary N) is 1. The van der Waals surface area contributed by atoms with Crippen LogP contribution >= 0.6 is 22.7 Å². The molecule has 27 heavy (non-hydrogen) atoms. The minimum absolute atomic E-state index is 0.00473. The van der Waals surface area contributed by atoms with Crippen LogP contribution < -0.4 is 10.0 Å². The van der Waals surface area contributed by atoms with E-state index in [9.17, 15) is 13.5 Å². The average molecular weight is 419 g/mol. The van der Waals surface area contributed by atoms with Crippen molar-refractivity contribution < 1.29 is 13.5 Å². The van der Waals surface area contributed by atoms with Gasteiger partial charge in [0, 0.05) is 11.1 Å². The molecular weight excluding hydrogens is 404 g/mol. The van der Waals surface area contributed by atoms with E-state index in [-0.39, 0.29) is 23.0 Å². The Morgan fingerprint density at radius 1 is 1.19 bits per heavy atom. The Kier molecular flexibility index (Phi) is 4.35. The zero-order valence-corrected chi connectivity index (χ0v) is 16.2. The molecule has 2 aromatic heterocycles. The van der Waals surface area contributed by atoms with Gasteiger partial charge in [-0.25, -0.2) is 18.5 Å². The van der Waals surface area contributed by atoms with Crippen LogP contribution in [0.3, 0.4) is 0 Å². The average Bonchev–Trinajstić information content (AvgIpc) is 3.34. The van der Waals surface area contributed by atoms with E-state index in [0.717, 1.165) is 10.6 Å². The zero-order valence-electron chi connectivity index (χ0n) is 13.8. The van der Waals surface area contributed by atoms with Gasteiger partial charge in [-0.2, -0.15) is 0 Å². The third-order valence-electron chi connectivity index (χ3n) is 4.07. The Hall–Kier alpha value is -2.53. The number of rotatable bonds is 4. The molecule has 0 saturated carbocycles. The van der Waals surface area contributed by atoms with Crippen LogP contribution in [-0.2, 0) is 10.0 Å². The molecule has 0 spiro atoms. The van der Waals surface area contributed by atoms with Crippen molar-refractivity contribution in [1.29, 1.82) is 5.41 Å². The Balaban J connectivity index is 1.62. The van der Waals surface area contributed by atoms with Gasteiger partial charge in [-0.05, 0) is 35.7 Å². The number of hydrogen-bond acceptors (Lipinski definition) is 7. The highest BCUT2D eigenvalue weighted by molar-refractivity contribution is 7.89. The quantitative estimate of drug-likeness (QED) is 0.600. The first-order chi connectivity index (χ1) is 12.8. The maximum atomic E-state index is 11.4. The molecular formula is C17H14N4O3S3. The van der Waals surface area contributed by atoms with Gasteiger partial charge in [-0.1, -0.05) is 6.07 Å². The van der Waals surface area contributed by atoms with Gasteiger partial charge in [0.15, 0.2) is 0 Å². The Morgan fingerprint density at radius 3 is 2.56 bits per heavy atom. The van der Waals surface area contributed by atoms with Crippen LogP contribution in [0.5, 0.6) is 0 Å². The van der Waals surface area contributed by atoms with Crippen LogP contribution in [0.25, 0.3) is 16.1 Å². The smallest absolute Gasteiger partial charge is 0.238 e. The standard InChI is InChI=1S/C17H14N4O3S3/c18-16-15(17-20-12(9-26-17)14-2-1-7-25-14)13(22)8-21(16)10-3-5-11(6-4-10)27(19,23)24/h1-7,9,18,22H,8H2,(H2,19,23,24). The van der Waals surface area contributed by atoms with E-state index in [1.165, 1.54) is 23.5 Å². The third kappa shape index (κ3) is 3.28. The Labute approximate surface area is 163 Å². The molecule has 0 aliphatic carbocycles. The summed E-state index contributed by atoms with van der Waals surface area (Å²) in [5.41, 5.74) is 1.79. The van der Waals surface area contributed by atoms with Crippen LogP contribution in [0.4, 0.5) is 5.69 Å². The number of nitrogens with two attached hydrogens (primary N) is 1. The number of aliphatic hydroxyl groups excluding tert-OH is 1. The van der Waals surface area contributed by atoms with Gasteiger partial charge in [0.2, 0.25) is 10.0 Å². The molecule has 1 aliphatic rings. The molecule has 0 saturated heterocycles. The highest BCUT2D eigenvalue weighted by Crippen LogP contribution is 2.35. The van der Waals surface area contributed by atoms with Crippen molar-refractivity contribution in [2.24, 2.45) is 5.14 Å². The number of hydrogen-bond donors (Lipinski definition) is 3. The van der Waals surface area contributed by atoms with Gasteiger partial charge in [-0.15, -0.1) is 22.7 Å². The van der Waals surface area contributed by atoms with Crippen molar-refractivity contribution >= 4 is 49.8 Å². The normalized spacial score (nSPS) is 15.0. The summed E-state index contributed by atoms with van der Waals surface area (Å²) in [6.07, 6.45) is 0. The van der Waals surface area contributed by atoms with E-state index in [2.05, 4.69) is 4.98 Å². The van der Waals surface area contributed by atoms with E-state index in [4.69, 9.17) is 10.5 Å². The third-order valence-corrected chi connectivity index (χ3v) is 6.75. The van der Waals surface area contributed by atoms with Crippen LogP contribution in [0.1, 0.15) is 5.01 Å². The lowest BCUT2D eigenvalue weighted by Gasteiger charge is -2.18. The van der Waals surface area contributed by atoms with Gasteiger partial charge >= 0.3 is 0 Å². The summed E-state index contributed by atoms with van der Waals surface area (Å²) in [6.45, 7) is 0.122. The topological polar surface area (TPSA) is 120 Å². The summed E-state index contributed by atoms with van der Waals surface area (Å²) in [7, 11) is -3.78. The minimum atomic E-state index is -3.78. The summed E-state index contributed by atoms with van der Waals surface area (Å²) in [6, 6.07) is 9.79. The predicted molar refractivity (Wildman–Crippen MR) is 108 cm³/mol. The second-order valence-electron chi connectivity index (χ2n) is 5.81. The van der Waals surface area contributed by atoms with E-state index < -0.39 is 10.0 Å². The molecule has 0 fully saturated rings. The fraction of sp³-hybridized carbons (Fsp3) is 0.0588. The molecule has 1 aliphatic heterocycles. The van der Waals surface area contributed by atoms with E-state index >= 15 is 0 Å². The number of primary sulfonamides is 1. The predicted octanol–water partition coefficient (Wildman–Crippen LogP) is 3.29. The molecule has 3 aromatic rings. The molecule has 1 aromatic carbocycles. The van der Waals surface area contributed by atoms with Crippen LogP contribution in [0.2, 0.25) is 0 Å². The van der Waals surface area contributed by atoms with Gasteiger partial charge in [0.25, 0.3) is 0 Å². The Bertz CT molecular complexity index is 1150. The van der Waals surface area contributed by atoms with Gasteiger partial charge < -0.3 is 10.0 Å². The lowest BCUT2D eigenvalue weighted by atomic mass is 10.2. The molecule has 138 valence electrons. The van der Waals surface area contributed by atoms with E-state index in [0.29, 0.717) is 16.3 Å². The number of anilines is 1. The second kappa shape index (κ2) is 6.57. The molecule has 3 heterocycles. The first kappa shape index (κ1) is 17.9. The number of nitrogens with zero attached hydrogens (tertiary/aromatic N) is 2. The molecule has 4 rings (SSSR count). The van der Waals surface area contributed by atoms with Crippen molar-refractivity contribution in [1.82, 2.24) is 4.98 Å². The fourth-order valence-electron chi connectivity index (χ4n) is 2.77. The van der Waals surface area contributed by atoms with E-state index in [1.54, 1.807) is 28.4 Å². The van der Waals surface area contributed by atoms with Crippen molar-refractivity contribution in [3.8, 4) is 10.6 Å². The largest absolute Gasteiger partial charge is 0.510 e. The SMILES string of the molecule is N=C1C(c2nc(-c3cccs3)cs2)=C(O)CN1c1ccc(S(N)(=O)=O)cc1. The molecule has 0 atom stereocenters.